The molecule has 1 unspecified atom stereocenters. The van der Waals surface area contributed by atoms with Crippen molar-refractivity contribution in [2.75, 3.05) is 0 Å². The van der Waals surface area contributed by atoms with E-state index in [4.69, 9.17) is 0 Å². The van der Waals surface area contributed by atoms with Crippen molar-refractivity contribution in [1.82, 2.24) is 0 Å². The zero-order valence-corrected chi connectivity index (χ0v) is 12.5. The summed E-state index contributed by atoms with van der Waals surface area (Å²) >= 11 is 0. The smallest absolute Gasteiger partial charge is 0.0896 e. The molecular weight excluding hydrogens is 232 g/mol. The maximum absolute atomic E-state index is 10.9. The van der Waals surface area contributed by atoms with Gasteiger partial charge in [0, 0.05) is 0 Å². The van der Waals surface area contributed by atoms with Crippen molar-refractivity contribution in [3.63, 3.8) is 0 Å². The van der Waals surface area contributed by atoms with Gasteiger partial charge in [-0.3, -0.25) is 0 Å². The Balaban J connectivity index is 2.06. The van der Waals surface area contributed by atoms with Crippen molar-refractivity contribution >= 4 is 0 Å². The van der Waals surface area contributed by atoms with Crippen LogP contribution < -0.4 is 0 Å². The SMILES string of the molecule is CCCCc1ccc(C(C)(O)C2CCCCC2)cc1. The molecule has 1 heteroatoms. The highest BCUT2D eigenvalue weighted by molar-refractivity contribution is 5.27. The molecule has 1 aromatic rings. The van der Waals surface area contributed by atoms with E-state index in [1.54, 1.807) is 0 Å². The lowest BCUT2D eigenvalue weighted by molar-refractivity contribution is -0.0215. The van der Waals surface area contributed by atoms with Crippen LogP contribution in [0.5, 0.6) is 0 Å². The molecule has 1 N–H and O–H groups in total. The zero-order valence-electron chi connectivity index (χ0n) is 12.5. The van der Waals surface area contributed by atoms with E-state index in [0.717, 1.165) is 12.0 Å². The normalized spacial score (nSPS) is 20.2. The monoisotopic (exact) mass is 260 g/mol. The molecule has 1 atom stereocenters. The topological polar surface area (TPSA) is 20.2 Å². The van der Waals surface area contributed by atoms with Crippen LogP contribution in [0.2, 0.25) is 0 Å². The van der Waals surface area contributed by atoms with Crippen LogP contribution in [0.15, 0.2) is 24.3 Å². The van der Waals surface area contributed by atoms with Gasteiger partial charge >= 0.3 is 0 Å². The molecule has 0 spiro atoms. The first-order chi connectivity index (χ1) is 9.14. The second-order valence-electron chi connectivity index (χ2n) is 6.28. The Kier molecular flexibility index (Phi) is 5.04. The van der Waals surface area contributed by atoms with E-state index in [0.29, 0.717) is 5.92 Å². The fraction of sp³-hybridized carbons (Fsp3) is 0.667. The first kappa shape index (κ1) is 14.6. The highest BCUT2D eigenvalue weighted by Gasteiger charge is 2.34. The molecule has 1 aliphatic rings. The third-order valence-electron chi connectivity index (χ3n) is 4.76. The van der Waals surface area contributed by atoms with Crippen LogP contribution in [0.3, 0.4) is 0 Å². The average molecular weight is 260 g/mol. The lowest BCUT2D eigenvalue weighted by Gasteiger charge is -2.36. The van der Waals surface area contributed by atoms with Crippen LogP contribution in [-0.4, -0.2) is 5.11 Å². The molecular formula is C18H28O. The Bertz CT molecular complexity index is 371. The molecule has 19 heavy (non-hydrogen) atoms. The number of unbranched alkanes of at least 4 members (excludes halogenated alkanes) is 1. The lowest BCUT2D eigenvalue weighted by Crippen LogP contribution is -2.33. The summed E-state index contributed by atoms with van der Waals surface area (Å²) in [6.07, 6.45) is 9.87. The predicted molar refractivity (Wildman–Crippen MR) is 81.2 cm³/mol. The Morgan fingerprint density at radius 3 is 2.32 bits per heavy atom. The number of hydrogen-bond donors (Lipinski definition) is 1. The van der Waals surface area contributed by atoms with E-state index in [-0.39, 0.29) is 0 Å². The minimum absolute atomic E-state index is 0.433. The van der Waals surface area contributed by atoms with Gasteiger partial charge < -0.3 is 5.11 Å². The molecule has 1 aromatic carbocycles. The van der Waals surface area contributed by atoms with Gasteiger partial charge in [-0.2, -0.15) is 0 Å². The predicted octanol–water partition coefficient (Wildman–Crippen LogP) is 4.82. The van der Waals surface area contributed by atoms with Crippen molar-refractivity contribution in [3.05, 3.63) is 35.4 Å². The summed E-state index contributed by atoms with van der Waals surface area (Å²) in [6, 6.07) is 8.67. The largest absolute Gasteiger partial charge is 0.385 e. The first-order valence-corrected chi connectivity index (χ1v) is 7.96. The number of aliphatic hydroxyl groups is 1. The molecule has 1 aliphatic carbocycles. The summed E-state index contributed by atoms with van der Waals surface area (Å²) in [7, 11) is 0. The van der Waals surface area contributed by atoms with E-state index >= 15 is 0 Å². The number of aryl methyl sites for hydroxylation is 1. The molecule has 1 fully saturated rings. The lowest BCUT2D eigenvalue weighted by atomic mass is 9.74. The molecule has 2 rings (SSSR count). The maximum atomic E-state index is 10.9. The molecule has 1 saturated carbocycles. The molecule has 0 amide bonds. The van der Waals surface area contributed by atoms with Gasteiger partial charge in [0.2, 0.25) is 0 Å². The van der Waals surface area contributed by atoms with E-state index in [2.05, 4.69) is 31.2 Å². The van der Waals surface area contributed by atoms with Crippen LogP contribution in [0.25, 0.3) is 0 Å². The fourth-order valence-electron chi connectivity index (χ4n) is 3.29. The van der Waals surface area contributed by atoms with Crippen molar-refractivity contribution in [3.8, 4) is 0 Å². The van der Waals surface area contributed by atoms with Gasteiger partial charge in [-0.1, -0.05) is 56.9 Å². The summed E-state index contributed by atoms with van der Waals surface area (Å²) < 4.78 is 0. The molecule has 106 valence electrons. The van der Waals surface area contributed by atoms with Gasteiger partial charge in [0.25, 0.3) is 0 Å². The highest BCUT2D eigenvalue weighted by Crippen LogP contribution is 2.39. The van der Waals surface area contributed by atoms with Crippen LogP contribution in [-0.2, 0) is 12.0 Å². The fourth-order valence-corrected chi connectivity index (χ4v) is 3.29. The Morgan fingerprint density at radius 1 is 1.11 bits per heavy atom. The van der Waals surface area contributed by atoms with E-state index < -0.39 is 5.60 Å². The van der Waals surface area contributed by atoms with Crippen LogP contribution in [0, 0.1) is 5.92 Å². The Labute approximate surface area is 118 Å². The van der Waals surface area contributed by atoms with Crippen molar-refractivity contribution in [2.45, 2.75) is 70.8 Å². The summed E-state index contributed by atoms with van der Waals surface area (Å²) in [6.45, 7) is 4.23. The minimum Gasteiger partial charge on any atom is -0.385 e. The Morgan fingerprint density at radius 2 is 1.74 bits per heavy atom. The van der Waals surface area contributed by atoms with Crippen LogP contribution in [0.4, 0.5) is 0 Å². The van der Waals surface area contributed by atoms with Gasteiger partial charge in [0.05, 0.1) is 5.60 Å². The first-order valence-electron chi connectivity index (χ1n) is 7.96. The van der Waals surface area contributed by atoms with Gasteiger partial charge in [-0.25, -0.2) is 0 Å². The van der Waals surface area contributed by atoms with Crippen LogP contribution >= 0.6 is 0 Å². The van der Waals surface area contributed by atoms with Crippen molar-refractivity contribution in [2.24, 2.45) is 5.92 Å². The van der Waals surface area contributed by atoms with E-state index in [1.165, 1.54) is 50.5 Å². The second-order valence-corrected chi connectivity index (χ2v) is 6.28. The third-order valence-corrected chi connectivity index (χ3v) is 4.76. The van der Waals surface area contributed by atoms with Gasteiger partial charge in [0.15, 0.2) is 0 Å². The van der Waals surface area contributed by atoms with E-state index in [1.807, 2.05) is 6.92 Å². The molecule has 0 aliphatic heterocycles. The standard InChI is InChI=1S/C18H28O/c1-3-4-8-15-11-13-17(14-12-15)18(2,19)16-9-6-5-7-10-16/h11-14,16,19H,3-10H2,1-2H3. The quantitative estimate of drug-likeness (QED) is 0.805. The summed E-state index contributed by atoms with van der Waals surface area (Å²) in [5.74, 6) is 0.433. The van der Waals surface area contributed by atoms with Crippen molar-refractivity contribution < 1.29 is 5.11 Å². The average Bonchev–Trinajstić information content (AvgIpc) is 2.46. The summed E-state index contributed by atoms with van der Waals surface area (Å²) in [5, 5.41) is 10.9. The molecule has 1 nitrogen and oxygen atoms in total. The summed E-state index contributed by atoms with van der Waals surface area (Å²) in [4.78, 5) is 0. The number of benzene rings is 1. The van der Waals surface area contributed by atoms with Gasteiger partial charge in [0.1, 0.15) is 0 Å². The maximum Gasteiger partial charge on any atom is 0.0896 e. The van der Waals surface area contributed by atoms with Crippen LogP contribution in [0.1, 0.15) is 69.9 Å². The van der Waals surface area contributed by atoms with E-state index in [9.17, 15) is 5.11 Å². The second kappa shape index (κ2) is 6.56. The van der Waals surface area contributed by atoms with Gasteiger partial charge in [-0.05, 0) is 49.7 Å². The number of rotatable bonds is 5. The minimum atomic E-state index is -0.649. The molecule has 0 saturated heterocycles. The third kappa shape index (κ3) is 3.60. The number of hydrogen-bond acceptors (Lipinski definition) is 1. The molecule has 0 bridgehead atoms. The Hall–Kier alpha value is -0.820. The zero-order chi connectivity index (χ0) is 13.7. The van der Waals surface area contributed by atoms with Gasteiger partial charge in [-0.15, -0.1) is 0 Å². The summed E-state index contributed by atoms with van der Waals surface area (Å²) in [5.41, 5.74) is 1.84. The molecule has 0 heterocycles. The van der Waals surface area contributed by atoms with Crippen molar-refractivity contribution in [1.29, 1.82) is 0 Å². The molecule has 0 aromatic heterocycles. The highest BCUT2D eigenvalue weighted by atomic mass is 16.3. The molecule has 0 radical (unpaired) electrons.